The molecule has 0 spiro atoms. The Morgan fingerprint density at radius 1 is 1.14 bits per heavy atom. The molecule has 0 unspecified atom stereocenters. The van der Waals surface area contributed by atoms with Gasteiger partial charge in [0.25, 0.3) is 0 Å². The Labute approximate surface area is 126 Å². The lowest BCUT2D eigenvalue weighted by molar-refractivity contribution is -0.138. The molecule has 0 saturated heterocycles. The van der Waals surface area contributed by atoms with Crippen molar-refractivity contribution in [3.05, 3.63) is 35.5 Å². The first kappa shape index (κ1) is 17.0. The van der Waals surface area contributed by atoms with Crippen molar-refractivity contribution in [1.29, 1.82) is 0 Å². The fourth-order valence-corrected chi connectivity index (χ4v) is 1.53. The smallest absolute Gasteiger partial charge is 0.354 e. The van der Waals surface area contributed by atoms with Crippen LogP contribution in [-0.2, 0) is 19.1 Å². The van der Waals surface area contributed by atoms with Gasteiger partial charge < -0.3 is 25.3 Å². The molecule has 118 valence electrons. The fraction of sp³-hybridized carbons (Fsp3) is 0.214. The summed E-state index contributed by atoms with van der Waals surface area (Å²) in [6, 6.07) is 4.32. The Morgan fingerprint density at radius 2 is 1.82 bits per heavy atom. The van der Waals surface area contributed by atoms with E-state index in [2.05, 4.69) is 14.8 Å². The number of amides is 1. The molecule has 1 rings (SSSR count). The van der Waals surface area contributed by atoms with Gasteiger partial charge in [0.1, 0.15) is 11.4 Å². The van der Waals surface area contributed by atoms with E-state index in [0.717, 1.165) is 6.08 Å². The zero-order valence-electron chi connectivity index (χ0n) is 12.3. The van der Waals surface area contributed by atoms with Crippen LogP contribution in [0.3, 0.4) is 0 Å². The normalized spacial score (nSPS) is 10.6. The van der Waals surface area contributed by atoms with Gasteiger partial charge in [-0.1, -0.05) is 0 Å². The van der Waals surface area contributed by atoms with Crippen LogP contribution in [0.25, 0.3) is 0 Å². The summed E-state index contributed by atoms with van der Waals surface area (Å²) in [4.78, 5) is 34.1. The lowest BCUT2D eigenvalue weighted by atomic mass is 10.1. The molecule has 0 aliphatic heterocycles. The summed E-state index contributed by atoms with van der Waals surface area (Å²) in [5.74, 6) is -1.87. The number of ether oxygens (including phenoxy) is 3. The van der Waals surface area contributed by atoms with Crippen molar-refractivity contribution >= 4 is 23.5 Å². The van der Waals surface area contributed by atoms with Gasteiger partial charge in [-0.05, 0) is 18.2 Å². The fourth-order valence-electron chi connectivity index (χ4n) is 1.53. The third kappa shape index (κ3) is 4.23. The van der Waals surface area contributed by atoms with Gasteiger partial charge in [-0.25, -0.2) is 9.59 Å². The predicted molar refractivity (Wildman–Crippen MR) is 77.2 cm³/mol. The van der Waals surface area contributed by atoms with Gasteiger partial charge in [0.05, 0.1) is 33.1 Å². The minimum absolute atomic E-state index is 0.153. The second-order valence-corrected chi connectivity index (χ2v) is 3.98. The first-order chi connectivity index (χ1) is 10.4. The first-order valence-corrected chi connectivity index (χ1v) is 6.05. The molecule has 0 radical (unpaired) electrons. The lowest BCUT2D eigenvalue weighted by Crippen LogP contribution is -2.16. The molecule has 1 amide bonds. The van der Waals surface area contributed by atoms with Crippen LogP contribution in [0.4, 0.5) is 5.69 Å². The number of carbonyl (C=O) groups excluding carboxylic acids is 3. The first-order valence-electron chi connectivity index (χ1n) is 6.05. The highest BCUT2D eigenvalue weighted by Gasteiger charge is 2.15. The maximum Gasteiger partial charge on any atom is 0.354 e. The summed E-state index contributed by atoms with van der Waals surface area (Å²) >= 11 is 0. The van der Waals surface area contributed by atoms with Gasteiger partial charge >= 0.3 is 11.9 Å². The lowest BCUT2D eigenvalue weighted by Gasteiger charge is -2.13. The maximum atomic E-state index is 11.7. The number of rotatable bonds is 6. The number of anilines is 1. The molecule has 3 N–H and O–H groups in total. The van der Waals surface area contributed by atoms with Crippen molar-refractivity contribution < 1.29 is 28.6 Å². The minimum Gasteiger partial charge on any atom is -0.495 e. The molecular weight excluding hydrogens is 292 g/mol. The van der Waals surface area contributed by atoms with Crippen molar-refractivity contribution in [3.8, 4) is 5.75 Å². The highest BCUT2D eigenvalue weighted by Crippen LogP contribution is 2.27. The summed E-state index contributed by atoms with van der Waals surface area (Å²) in [5.41, 5.74) is 5.60. The molecule has 0 heterocycles. The van der Waals surface area contributed by atoms with E-state index < -0.39 is 17.8 Å². The van der Waals surface area contributed by atoms with Crippen molar-refractivity contribution in [2.75, 3.05) is 26.6 Å². The molecule has 8 heteroatoms. The van der Waals surface area contributed by atoms with Gasteiger partial charge in [0.15, 0.2) is 0 Å². The Bertz CT molecular complexity index is 624. The Hall–Kier alpha value is -3.03. The topological polar surface area (TPSA) is 117 Å². The van der Waals surface area contributed by atoms with Crippen LogP contribution < -0.4 is 15.8 Å². The summed E-state index contributed by atoms with van der Waals surface area (Å²) in [5, 5.41) is 2.69. The molecule has 1 aromatic rings. The number of esters is 2. The van der Waals surface area contributed by atoms with Gasteiger partial charge in [-0.15, -0.1) is 0 Å². The van der Waals surface area contributed by atoms with Crippen LogP contribution >= 0.6 is 0 Å². The number of nitrogens with one attached hydrogen (secondary N) is 1. The number of methoxy groups -OCH3 is 3. The van der Waals surface area contributed by atoms with Crippen LogP contribution in [0, 0.1) is 0 Å². The van der Waals surface area contributed by atoms with E-state index in [4.69, 9.17) is 10.5 Å². The Balaban J connectivity index is 3.18. The third-order valence-corrected chi connectivity index (χ3v) is 2.62. The zero-order chi connectivity index (χ0) is 16.7. The number of benzene rings is 1. The average Bonchev–Trinajstić information content (AvgIpc) is 2.53. The molecule has 22 heavy (non-hydrogen) atoms. The largest absolute Gasteiger partial charge is 0.495 e. The molecule has 0 aliphatic rings. The SMILES string of the molecule is COC(=O)/C=C(/Nc1ccc(C(N)=O)cc1OC)C(=O)OC. The van der Waals surface area contributed by atoms with E-state index in [9.17, 15) is 14.4 Å². The molecule has 0 aliphatic carbocycles. The molecular formula is C14H16N2O6. The number of hydrogen-bond acceptors (Lipinski definition) is 7. The highest BCUT2D eigenvalue weighted by atomic mass is 16.5. The van der Waals surface area contributed by atoms with E-state index >= 15 is 0 Å². The van der Waals surface area contributed by atoms with Crippen molar-refractivity contribution in [2.24, 2.45) is 5.73 Å². The average molecular weight is 308 g/mol. The van der Waals surface area contributed by atoms with Gasteiger partial charge in [-0.3, -0.25) is 4.79 Å². The molecule has 8 nitrogen and oxygen atoms in total. The van der Waals surface area contributed by atoms with Crippen LogP contribution in [0.1, 0.15) is 10.4 Å². The van der Waals surface area contributed by atoms with E-state index in [1.54, 1.807) is 0 Å². The third-order valence-electron chi connectivity index (χ3n) is 2.62. The number of hydrogen-bond donors (Lipinski definition) is 2. The predicted octanol–water partition coefficient (Wildman–Crippen LogP) is 0.436. The van der Waals surface area contributed by atoms with Crippen LogP contribution in [0.2, 0.25) is 0 Å². The quantitative estimate of drug-likeness (QED) is 0.578. The minimum atomic E-state index is -0.772. The van der Waals surface area contributed by atoms with Crippen molar-refractivity contribution in [1.82, 2.24) is 0 Å². The standard InChI is InChI=1S/C14H16N2O6/c1-20-11-6-8(13(15)18)4-5-9(11)16-10(14(19)22-3)7-12(17)21-2/h4-7,16H,1-3H3,(H2,15,18)/b10-7+. The summed E-state index contributed by atoms with van der Waals surface area (Å²) < 4.78 is 14.2. The zero-order valence-corrected chi connectivity index (χ0v) is 12.3. The van der Waals surface area contributed by atoms with E-state index in [-0.39, 0.29) is 17.0 Å². The van der Waals surface area contributed by atoms with Gasteiger partial charge in [0, 0.05) is 5.56 Å². The number of nitrogens with two attached hydrogens (primary N) is 1. The molecule has 0 saturated carbocycles. The van der Waals surface area contributed by atoms with Gasteiger partial charge in [-0.2, -0.15) is 0 Å². The number of carbonyl (C=O) groups is 3. The summed E-state index contributed by atoms with van der Waals surface area (Å²) in [6.45, 7) is 0. The second-order valence-electron chi connectivity index (χ2n) is 3.98. The molecule has 0 bridgehead atoms. The van der Waals surface area contributed by atoms with Crippen LogP contribution in [0.5, 0.6) is 5.75 Å². The van der Waals surface area contributed by atoms with Crippen molar-refractivity contribution in [2.45, 2.75) is 0 Å². The van der Waals surface area contributed by atoms with Crippen LogP contribution in [-0.4, -0.2) is 39.2 Å². The molecule has 0 atom stereocenters. The highest BCUT2D eigenvalue weighted by molar-refractivity contribution is 5.99. The summed E-state index contributed by atoms with van der Waals surface area (Å²) in [6.07, 6.45) is 0.938. The molecule has 1 aromatic carbocycles. The van der Waals surface area contributed by atoms with Gasteiger partial charge in [0.2, 0.25) is 5.91 Å². The van der Waals surface area contributed by atoms with E-state index in [1.807, 2.05) is 0 Å². The van der Waals surface area contributed by atoms with Crippen LogP contribution in [0.15, 0.2) is 30.0 Å². The molecule has 0 fully saturated rings. The van der Waals surface area contributed by atoms with E-state index in [1.165, 1.54) is 39.5 Å². The molecule has 0 aromatic heterocycles. The second kappa shape index (κ2) is 7.67. The van der Waals surface area contributed by atoms with Crippen molar-refractivity contribution in [3.63, 3.8) is 0 Å². The summed E-state index contributed by atoms with van der Waals surface area (Å²) in [7, 11) is 3.73. The number of primary amides is 1. The Kier molecular flexibility index (Phi) is 5.94. The maximum absolute atomic E-state index is 11.7. The van der Waals surface area contributed by atoms with E-state index in [0.29, 0.717) is 5.69 Å². The Morgan fingerprint density at radius 3 is 2.32 bits per heavy atom. The monoisotopic (exact) mass is 308 g/mol.